The molecule has 1 heterocycles. The molecule has 1 aromatic heterocycles. The molecule has 0 atom stereocenters. The summed E-state index contributed by atoms with van der Waals surface area (Å²) in [5.74, 6) is -0.144. The van der Waals surface area contributed by atoms with Gasteiger partial charge in [-0.15, -0.1) is 0 Å². The Morgan fingerprint density at radius 3 is 2.41 bits per heavy atom. The summed E-state index contributed by atoms with van der Waals surface area (Å²) < 4.78 is 6.20. The number of aromatic nitrogens is 2. The molecule has 0 aliphatic rings. The highest BCUT2D eigenvalue weighted by atomic mass is 16.6. The van der Waals surface area contributed by atoms with Gasteiger partial charge in [0, 0.05) is 12.4 Å². The van der Waals surface area contributed by atoms with Crippen LogP contribution >= 0.6 is 0 Å². The Labute approximate surface area is 101 Å². The van der Waals surface area contributed by atoms with E-state index >= 15 is 0 Å². The highest BCUT2D eigenvalue weighted by Gasteiger charge is 2.17. The number of rotatable bonds is 0. The van der Waals surface area contributed by atoms with Crippen LogP contribution in [0.3, 0.4) is 0 Å². The van der Waals surface area contributed by atoms with Crippen LogP contribution in [0.4, 0.5) is 4.79 Å². The molecule has 0 aliphatic heterocycles. The van der Waals surface area contributed by atoms with Crippen molar-refractivity contribution in [3.8, 4) is 0 Å². The van der Waals surface area contributed by atoms with Gasteiger partial charge in [-0.1, -0.05) is 13.8 Å². The molecule has 0 fully saturated rings. The number of nitrogens with zero attached hydrogens (tertiary/aromatic N) is 2. The summed E-state index contributed by atoms with van der Waals surface area (Å²) in [6.07, 6.45) is 2.41. The zero-order valence-corrected chi connectivity index (χ0v) is 10.9. The normalized spacial score (nSPS) is 9.94. The van der Waals surface area contributed by atoms with Crippen molar-refractivity contribution in [2.24, 2.45) is 0 Å². The Hall–Kier alpha value is -1.85. The van der Waals surface area contributed by atoms with Gasteiger partial charge in [0.25, 0.3) is 0 Å². The lowest BCUT2D eigenvalue weighted by molar-refractivity contribution is 0.0561. The smallest absolute Gasteiger partial charge is 0.414 e. The van der Waals surface area contributed by atoms with Gasteiger partial charge in [-0.2, -0.15) is 5.10 Å². The summed E-state index contributed by atoms with van der Waals surface area (Å²) in [6, 6.07) is 1.66. The zero-order chi connectivity index (χ0) is 13.5. The highest BCUT2D eigenvalue weighted by molar-refractivity contribution is 5.92. The summed E-state index contributed by atoms with van der Waals surface area (Å²) in [5, 5.41) is 13.5. The average molecular weight is 240 g/mol. The van der Waals surface area contributed by atoms with Gasteiger partial charge in [0.15, 0.2) is 0 Å². The molecule has 0 unspecified atom stereocenters. The van der Waals surface area contributed by atoms with Crippen LogP contribution in [0.5, 0.6) is 0 Å². The van der Waals surface area contributed by atoms with Gasteiger partial charge in [0.1, 0.15) is 5.60 Å². The first kappa shape index (κ1) is 15.2. The Morgan fingerprint density at radius 1 is 1.41 bits per heavy atom. The molecule has 0 aromatic carbocycles. The van der Waals surface area contributed by atoms with Crippen LogP contribution in [0.15, 0.2) is 18.5 Å². The average Bonchev–Trinajstić information content (AvgIpc) is 2.70. The van der Waals surface area contributed by atoms with Crippen molar-refractivity contribution in [3.05, 3.63) is 18.5 Å². The van der Waals surface area contributed by atoms with Crippen LogP contribution in [0, 0.1) is 5.41 Å². The molecule has 0 radical (unpaired) electrons. The maximum absolute atomic E-state index is 11.2. The van der Waals surface area contributed by atoms with E-state index in [1.807, 2.05) is 13.8 Å². The number of carbonyl (C=O) groups is 1. The monoisotopic (exact) mass is 240 g/mol. The number of carbonyl (C=O) groups excluding carboxylic acids is 1. The first-order valence-corrected chi connectivity index (χ1v) is 5.47. The van der Waals surface area contributed by atoms with Gasteiger partial charge in [-0.05, 0) is 26.8 Å². The lowest BCUT2D eigenvalue weighted by Crippen LogP contribution is -2.39. The number of amides is 1. The number of hydrogen-bond acceptors (Lipinski definition) is 4. The quantitative estimate of drug-likeness (QED) is 0.539. The SMILES string of the molecule is CC.CC(C)(C)OC(=O)NC(=N)n1cccn1. The van der Waals surface area contributed by atoms with Gasteiger partial charge in [-0.3, -0.25) is 10.7 Å². The van der Waals surface area contributed by atoms with Crippen LogP contribution in [0.1, 0.15) is 34.6 Å². The Kier molecular flexibility index (Phi) is 5.95. The largest absolute Gasteiger partial charge is 0.444 e. The van der Waals surface area contributed by atoms with Crippen molar-refractivity contribution in [3.63, 3.8) is 0 Å². The summed E-state index contributed by atoms with van der Waals surface area (Å²) in [5.41, 5.74) is -0.575. The van der Waals surface area contributed by atoms with E-state index < -0.39 is 11.7 Å². The van der Waals surface area contributed by atoms with Gasteiger partial charge in [-0.25, -0.2) is 9.48 Å². The molecule has 0 aliphatic carbocycles. The van der Waals surface area contributed by atoms with E-state index in [0.29, 0.717) is 0 Å². The molecule has 0 spiro atoms. The first-order valence-electron chi connectivity index (χ1n) is 5.47. The summed E-state index contributed by atoms with van der Waals surface area (Å²) in [6.45, 7) is 9.26. The van der Waals surface area contributed by atoms with Crippen molar-refractivity contribution < 1.29 is 9.53 Å². The molecule has 6 nitrogen and oxygen atoms in total. The second-order valence-electron chi connectivity index (χ2n) is 3.93. The number of nitrogens with one attached hydrogen (secondary N) is 2. The topological polar surface area (TPSA) is 80.0 Å². The van der Waals surface area contributed by atoms with Gasteiger partial charge in [0.2, 0.25) is 5.96 Å². The number of ether oxygens (including phenoxy) is 1. The molecular weight excluding hydrogens is 220 g/mol. The minimum Gasteiger partial charge on any atom is -0.444 e. The van der Waals surface area contributed by atoms with Gasteiger partial charge in [0.05, 0.1) is 0 Å². The molecule has 1 amide bonds. The van der Waals surface area contributed by atoms with Gasteiger partial charge >= 0.3 is 6.09 Å². The van der Waals surface area contributed by atoms with Crippen molar-refractivity contribution in [1.29, 1.82) is 5.41 Å². The van der Waals surface area contributed by atoms with E-state index in [1.165, 1.54) is 10.9 Å². The Balaban J connectivity index is 0.00000121. The molecule has 17 heavy (non-hydrogen) atoms. The van der Waals surface area contributed by atoms with E-state index in [1.54, 1.807) is 33.0 Å². The lowest BCUT2D eigenvalue weighted by atomic mass is 10.2. The van der Waals surface area contributed by atoms with Crippen LogP contribution in [-0.2, 0) is 4.74 Å². The molecular formula is C11H20N4O2. The summed E-state index contributed by atoms with van der Waals surface area (Å²) in [4.78, 5) is 11.2. The fourth-order valence-corrected chi connectivity index (χ4v) is 0.859. The molecule has 2 N–H and O–H groups in total. The maximum atomic E-state index is 11.2. The fraction of sp³-hybridized carbons (Fsp3) is 0.545. The van der Waals surface area contributed by atoms with E-state index in [4.69, 9.17) is 10.1 Å². The van der Waals surface area contributed by atoms with Crippen LogP contribution in [-0.4, -0.2) is 27.4 Å². The van der Waals surface area contributed by atoms with Crippen molar-refractivity contribution in [2.75, 3.05) is 0 Å². The Morgan fingerprint density at radius 2 is 2.00 bits per heavy atom. The van der Waals surface area contributed by atoms with Crippen molar-refractivity contribution in [1.82, 2.24) is 15.1 Å². The second-order valence-corrected chi connectivity index (χ2v) is 3.93. The molecule has 96 valence electrons. The predicted octanol–water partition coefficient (Wildman–Crippen LogP) is 2.22. The number of hydrogen-bond donors (Lipinski definition) is 2. The van der Waals surface area contributed by atoms with Crippen LogP contribution in [0.25, 0.3) is 0 Å². The van der Waals surface area contributed by atoms with E-state index in [0.717, 1.165) is 0 Å². The highest BCUT2D eigenvalue weighted by Crippen LogP contribution is 2.06. The zero-order valence-electron chi connectivity index (χ0n) is 10.9. The first-order chi connectivity index (χ1) is 7.88. The molecule has 1 aromatic rings. The molecule has 0 saturated carbocycles. The van der Waals surface area contributed by atoms with Crippen LogP contribution in [0.2, 0.25) is 0 Å². The number of alkyl carbamates (subject to hydrolysis) is 1. The fourth-order valence-electron chi connectivity index (χ4n) is 0.859. The predicted molar refractivity (Wildman–Crippen MR) is 66.1 cm³/mol. The Bertz CT molecular complexity index is 352. The van der Waals surface area contributed by atoms with E-state index in [9.17, 15) is 4.79 Å². The van der Waals surface area contributed by atoms with Crippen LogP contribution < -0.4 is 5.32 Å². The van der Waals surface area contributed by atoms with Gasteiger partial charge < -0.3 is 4.74 Å². The van der Waals surface area contributed by atoms with E-state index in [-0.39, 0.29) is 5.96 Å². The summed E-state index contributed by atoms with van der Waals surface area (Å²) >= 11 is 0. The third kappa shape index (κ3) is 6.34. The third-order valence-electron chi connectivity index (χ3n) is 1.35. The molecule has 0 bridgehead atoms. The minimum absolute atomic E-state index is 0.144. The summed E-state index contributed by atoms with van der Waals surface area (Å²) in [7, 11) is 0. The standard InChI is InChI=1S/C9H14N4O2.C2H6/c1-9(2,3)15-8(14)12-7(10)13-6-4-5-11-13;1-2/h4-6H,1-3H3,(H2,10,12,14);1-2H3. The van der Waals surface area contributed by atoms with E-state index in [2.05, 4.69) is 10.4 Å². The molecule has 1 rings (SSSR count). The molecule has 6 heteroatoms. The second kappa shape index (κ2) is 6.67. The maximum Gasteiger partial charge on any atom is 0.414 e. The molecule has 0 saturated heterocycles. The van der Waals surface area contributed by atoms with Crippen molar-refractivity contribution in [2.45, 2.75) is 40.2 Å². The van der Waals surface area contributed by atoms with Crippen molar-refractivity contribution >= 4 is 12.1 Å². The lowest BCUT2D eigenvalue weighted by Gasteiger charge is -2.19. The minimum atomic E-state index is -0.664. The third-order valence-corrected chi connectivity index (χ3v) is 1.35.